The average Bonchev–Trinajstić information content (AvgIpc) is 2.80. The average molecular weight is 322 g/mol. The predicted molar refractivity (Wildman–Crippen MR) is 79.1 cm³/mol. The lowest BCUT2D eigenvalue weighted by atomic mass is 10.1. The van der Waals surface area contributed by atoms with E-state index in [0.717, 1.165) is 23.3 Å². The van der Waals surface area contributed by atoms with Crippen LogP contribution in [0.25, 0.3) is 0 Å². The summed E-state index contributed by atoms with van der Waals surface area (Å²) < 4.78 is 2.78. The van der Waals surface area contributed by atoms with Crippen LogP contribution >= 0.6 is 15.9 Å². The van der Waals surface area contributed by atoms with Gasteiger partial charge in [0, 0.05) is 34.7 Å². The molecule has 0 aliphatic heterocycles. The lowest BCUT2D eigenvalue weighted by molar-refractivity contribution is 0.0989. The van der Waals surface area contributed by atoms with Gasteiger partial charge in [0.1, 0.15) is 5.82 Å². The van der Waals surface area contributed by atoms with Crippen LogP contribution in [0.4, 0.5) is 5.69 Å². The lowest BCUT2D eigenvalue weighted by Gasteiger charge is -2.07. The number of aryl methyl sites for hydroxylation is 1. The van der Waals surface area contributed by atoms with Crippen molar-refractivity contribution in [3.63, 3.8) is 0 Å². The van der Waals surface area contributed by atoms with Crippen molar-refractivity contribution in [3.05, 3.63) is 46.5 Å². The number of anilines is 1. The van der Waals surface area contributed by atoms with Crippen molar-refractivity contribution in [1.29, 1.82) is 0 Å². The van der Waals surface area contributed by atoms with E-state index in [1.807, 2.05) is 10.8 Å². The van der Waals surface area contributed by atoms with E-state index in [9.17, 15) is 4.79 Å². The zero-order valence-corrected chi connectivity index (χ0v) is 12.4. The maximum atomic E-state index is 12.3. The minimum atomic E-state index is 0.0164. The van der Waals surface area contributed by atoms with E-state index in [-0.39, 0.29) is 12.2 Å². The molecule has 0 unspecified atom stereocenters. The molecule has 0 saturated heterocycles. The Morgan fingerprint density at radius 3 is 3.00 bits per heavy atom. The maximum absolute atomic E-state index is 12.3. The highest BCUT2D eigenvalue weighted by atomic mass is 79.9. The van der Waals surface area contributed by atoms with Crippen molar-refractivity contribution >= 4 is 27.4 Å². The Bertz CT molecular complexity index is 592. The molecule has 19 heavy (non-hydrogen) atoms. The Kier molecular flexibility index (Phi) is 4.37. The molecule has 0 amide bonds. The van der Waals surface area contributed by atoms with Gasteiger partial charge in [-0.1, -0.05) is 22.9 Å². The third kappa shape index (κ3) is 3.23. The molecule has 1 aromatic carbocycles. The summed E-state index contributed by atoms with van der Waals surface area (Å²) in [7, 11) is 0. The molecule has 2 rings (SSSR count). The zero-order chi connectivity index (χ0) is 13.8. The first-order chi connectivity index (χ1) is 9.11. The molecule has 5 heteroatoms. The standard InChI is InChI=1S/C14H16BrN3O/c1-2-6-18-7-5-17-14(18)9-13(19)11-8-10(16)3-4-12(11)15/h3-5,7-8H,2,6,9,16H2,1H3. The number of ketones is 1. The number of carbonyl (C=O) groups excluding carboxylic acids is 1. The number of aromatic nitrogens is 2. The van der Waals surface area contributed by atoms with E-state index < -0.39 is 0 Å². The molecule has 2 N–H and O–H groups in total. The van der Waals surface area contributed by atoms with Gasteiger partial charge in [-0.2, -0.15) is 0 Å². The van der Waals surface area contributed by atoms with Crippen LogP contribution in [0.1, 0.15) is 29.5 Å². The van der Waals surface area contributed by atoms with E-state index in [0.29, 0.717) is 11.3 Å². The Labute approximate surface area is 120 Å². The second-order valence-corrected chi connectivity index (χ2v) is 5.23. The molecule has 1 heterocycles. The van der Waals surface area contributed by atoms with Crippen molar-refractivity contribution in [2.75, 3.05) is 5.73 Å². The van der Waals surface area contributed by atoms with Gasteiger partial charge in [0.25, 0.3) is 0 Å². The molecule has 0 saturated carbocycles. The number of rotatable bonds is 5. The number of hydrogen-bond acceptors (Lipinski definition) is 3. The highest BCUT2D eigenvalue weighted by molar-refractivity contribution is 9.10. The van der Waals surface area contributed by atoms with Crippen LogP contribution in [0.15, 0.2) is 35.1 Å². The van der Waals surface area contributed by atoms with Crippen molar-refractivity contribution in [2.45, 2.75) is 26.3 Å². The van der Waals surface area contributed by atoms with E-state index in [1.165, 1.54) is 0 Å². The number of hydrogen-bond donors (Lipinski definition) is 1. The van der Waals surface area contributed by atoms with Gasteiger partial charge in [-0.05, 0) is 24.6 Å². The van der Waals surface area contributed by atoms with E-state index in [2.05, 4.69) is 27.8 Å². The van der Waals surface area contributed by atoms with Crippen molar-refractivity contribution in [1.82, 2.24) is 9.55 Å². The normalized spacial score (nSPS) is 10.6. The monoisotopic (exact) mass is 321 g/mol. The first-order valence-electron chi connectivity index (χ1n) is 6.20. The van der Waals surface area contributed by atoms with Gasteiger partial charge in [-0.3, -0.25) is 4.79 Å². The quantitative estimate of drug-likeness (QED) is 0.680. The van der Waals surface area contributed by atoms with Crippen LogP contribution in [0.5, 0.6) is 0 Å². The van der Waals surface area contributed by atoms with Crippen LogP contribution in [0.2, 0.25) is 0 Å². The molecule has 4 nitrogen and oxygen atoms in total. The third-order valence-corrected chi connectivity index (χ3v) is 3.57. The van der Waals surface area contributed by atoms with Gasteiger partial charge in [-0.25, -0.2) is 4.98 Å². The first-order valence-corrected chi connectivity index (χ1v) is 6.99. The Morgan fingerprint density at radius 2 is 2.26 bits per heavy atom. The second-order valence-electron chi connectivity index (χ2n) is 4.38. The van der Waals surface area contributed by atoms with Crippen molar-refractivity contribution in [2.24, 2.45) is 0 Å². The van der Waals surface area contributed by atoms with Gasteiger partial charge in [0.05, 0.1) is 6.42 Å². The molecule has 0 radical (unpaired) electrons. The molecule has 100 valence electrons. The maximum Gasteiger partial charge on any atom is 0.171 e. The minimum absolute atomic E-state index is 0.0164. The highest BCUT2D eigenvalue weighted by Crippen LogP contribution is 2.21. The molecule has 1 aromatic heterocycles. The summed E-state index contributed by atoms with van der Waals surface area (Å²) in [5.74, 6) is 0.809. The number of halogens is 1. The lowest BCUT2D eigenvalue weighted by Crippen LogP contribution is -2.11. The van der Waals surface area contributed by atoms with E-state index in [1.54, 1.807) is 24.4 Å². The fourth-order valence-electron chi connectivity index (χ4n) is 1.95. The summed E-state index contributed by atoms with van der Waals surface area (Å²) in [5.41, 5.74) is 6.91. The van der Waals surface area contributed by atoms with Crippen LogP contribution in [-0.2, 0) is 13.0 Å². The SMILES string of the molecule is CCCn1ccnc1CC(=O)c1cc(N)ccc1Br. The summed E-state index contributed by atoms with van der Waals surface area (Å²) in [5, 5.41) is 0. The topological polar surface area (TPSA) is 60.9 Å². The molecule has 0 aliphatic rings. The second kappa shape index (κ2) is 6.02. The summed E-state index contributed by atoms with van der Waals surface area (Å²) in [6.07, 6.45) is 4.93. The van der Waals surface area contributed by atoms with Gasteiger partial charge in [0.15, 0.2) is 5.78 Å². The number of nitrogens with two attached hydrogens (primary N) is 1. The molecular formula is C14H16BrN3O. The molecule has 0 fully saturated rings. The predicted octanol–water partition coefficient (Wildman–Crippen LogP) is 3.06. The molecule has 0 aliphatic carbocycles. The fourth-order valence-corrected chi connectivity index (χ4v) is 2.41. The molecule has 0 spiro atoms. The Hall–Kier alpha value is -1.62. The zero-order valence-electron chi connectivity index (χ0n) is 10.8. The highest BCUT2D eigenvalue weighted by Gasteiger charge is 2.14. The smallest absolute Gasteiger partial charge is 0.171 e. The van der Waals surface area contributed by atoms with E-state index in [4.69, 9.17) is 5.73 Å². The van der Waals surface area contributed by atoms with Gasteiger partial charge in [-0.15, -0.1) is 0 Å². The van der Waals surface area contributed by atoms with Crippen LogP contribution in [0, 0.1) is 0 Å². The summed E-state index contributed by atoms with van der Waals surface area (Å²) >= 11 is 3.38. The van der Waals surface area contributed by atoms with Gasteiger partial charge in [0.2, 0.25) is 0 Å². The van der Waals surface area contributed by atoms with Gasteiger partial charge < -0.3 is 10.3 Å². The number of nitrogen functional groups attached to an aromatic ring is 1. The van der Waals surface area contributed by atoms with Crippen molar-refractivity contribution < 1.29 is 4.79 Å². The largest absolute Gasteiger partial charge is 0.399 e. The Morgan fingerprint density at radius 1 is 1.47 bits per heavy atom. The fraction of sp³-hybridized carbons (Fsp3) is 0.286. The summed E-state index contributed by atoms with van der Waals surface area (Å²) in [6, 6.07) is 5.25. The van der Waals surface area contributed by atoms with Gasteiger partial charge >= 0.3 is 0 Å². The first kappa shape index (κ1) is 13.8. The number of nitrogens with zero attached hydrogens (tertiary/aromatic N) is 2. The molecule has 0 atom stereocenters. The minimum Gasteiger partial charge on any atom is -0.399 e. The number of benzene rings is 1. The number of imidazole rings is 1. The summed E-state index contributed by atoms with van der Waals surface area (Å²) in [4.78, 5) is 16.6. The van der Waals surface area contributed by atoms with Crippen LogP contribution < -0.4 is 5.73 Å². The van der Waals surface area contributed by atoms with E-state index >= 15 is 0 Å². The molecule has 0 bridgehead atoms. The molecule has 2 aromatic rings. The number of Topliss-reactive ketones (excluding diaryl/α,β-unsaturated/α-hetero) is 1. The molecular weight excluding hydrogens is 306 g/mol. The number of carbonyl (C=O) groups is 1. The van der Waals surface area contributed by atoms with Crippen LogP contribution in [-0.4, -0.2) is 15.3 Å². The van der Waals surface area contributed by atoms with Crippen molar-refractivity contribution in [3.8, 4) is 0 Å². The third-order valence-electron chi connectivity index (χ3n) is 2.88. The Balaban J connectivity index is 2.21. The summed E-state index contributed by atoms with van der Waals surface area (Å²) in [6.45, 7) is 2.97. The van der Waals surface area contributed by atoms with Crippen LogP contribution in [0.3, 0.4) is 0 Å².